The van der Waals surface area contributed by atoms with Crippen LogP contribution in [0.15, 0.2) is 42.7 Å². The molecule has 6 heteroatoms. The van der Waals surface area contributed by atoms with Gasteiger partial charge < -0.3 is 15.0 Å². The molecule has 19 heavy (non-hydrogen) atoms. The van der Waals surface area contributed by atoms with Crippen LogP contribution in [-0.2, 0) is 11.3 Å². The average Bonchev–Trinajstić information content (AvgIpc) is 2.80. The van der Waals surface area contributed by atoms with E-state index in [1.54, 1.807) is 0 Å². The Morgan fingerprint density at radius 1 is 1.21 bits per heavy atom. The molecule has 0 saturated carbocycles. The number of hydrogen-bond acceptors (Lipinski definition) is 2. The van der Waals surface area contributed by atoms with Crippen molar-refractivity contribution < 1.29 is 19.1 Å². The zero-order valence-electron chi connectivity index (χ0n) is 9.84. The molecule has 0 aliphatic rings. The van der Waals surface area contributed by atoms with Gasteiger partial charge in [0.25, 0.3) is 0 Å². The van der Waals surface area contributed by atoms with Gasteiger partial charge in [0.05, 0.1) is 5.56 Å². The lowest BCUT2D eigenvalue weighted by Crippen LogP contribution is -2.17. The van der Waals surface area contributed by atoms with E-state index in [0.29, 0.717) is 5.69 Å². The van der Waals surface area contributed by atoms with Gasteiger partial charge in [0, 0.05) is 18.1 Å². The summed E-state index contributed by atoms with van der Waals surface area (Å²) >= 11 is 0. The molecule has 1 heterocycles. The van der Waals surface area contributed by atoms with Gasteiger partial charge in [-0.05, 0) is 30.3 Å². The quantitative estimate of drug-likeness (QED) is 0.884. The van der Waals surface area contributed by atoms with E-state index in [4.69, 9.17) is 5.11 Å². The van der Waals surface area contributed by atoms with Gasteiger partial charge >= 0.3 is 5.97 Å². The maximum absolute atomic E-state index is 12.7. The van der Waals surface area contributed by atoms with Crippen molar-refractivity contribution in [2.24, 2.45) is 0 Å². The molecule has 2 aromatic rings. The van der Waals surface area contributed by atoms with Gasteiger partial charge in [-0.25, -0.2) is 9.18 Å². The monoisotopic (exact) mass is 262 g/mol. The van der Waals surface area contributed by atoms with E-state index in [-0.39, 0.29) is 23.8 Å². The number of carbonyl (C=O) groups excluding carboxylic acids is 1. The summed E-state index contributed by atoms with van der Waals surface area (Å²) in [6, 6.07) is 6.80. The third-order valence-electron chi connectivity index (χ3n) is 2.45. The highest BCUT2D eigenvalue weighted by molar-refractivity contribution is 5.91. The van der Waals surface area contributed by atoms with Crippen LogP contribution < -0.4 is 5.32 Å². The number of carbonyl (C=O) groups is 2. The van der Waals surface area contributed by atoms with Crippen LogP contribution in [0.3, 0.4) is 0 Å². The van der Waals surface area contributed by atoms with Crippen molar-refractivity contribution in [2.75, 3.05) is 5.32 Å². The fraction of sp³-hybridized carbons (Fsp3) is 0.0769. The smallest absolute Gasteiger partial charge is 0.337 e. The lowest BCUT2D eigenvalue weighted by atomic mass is 10.3. The van der Waals surface area contributed by atoms with Crippen molar-refractivity contribution in [3.05, 3.63) is 54.1 Å². The van der Waals surface area contributed by atoms with Crippen LogP contribution in [0.4, 0.5) is 10.1 Å². The summed E-state index contributed by atoms with van der Waals surface area (Å²) in [6.45, 7) is -0.00927. The largest absolute Gasteiger partial charge is 0.478 e. The fourth-order valence-corrected chi connectivity index (χ4v) is 1.57. The van der Waals surface area contributed by atoms with Gasteiger partial charge in [-0.15, -0.1) is 0 Å². The van der Waals surface area contributed by atoms with E-state index in [9.17, 15) is 14.0 Å². The molecular formula is C13H11FN2O3. The molecule has 98 valence electrons. The summed E-state index contributed by atoms with van der Waals surface area (Å²) in [5, 5.41) is 11.3. The number of aromatic nitrogens is 1. The second-order valence-corrected chi connectivity index (χ2v) is 3.93. The molecule has 5 nitrogen and oxygen atoms in total. The van der Waals surface area contributed by atoms with Crippen LogP contribution >= 0.6 is 0 Å². The number of nitrogens with zero attached hydrogens (tertiary/aromatic N) is 1. The van der Waals surface area contributed by atoms with E-state index in [0.717, 1.165) is 0 Å². The molecular weight excluding hydrogens is 251 g/mol. The first-order chi connectivity index (χ1) is 9.04. The summed E-state index contributed by atoms with van der Waals surface area (Å²) in [4.78, 5) is 22.3. The zero-order chi connectivity index (χ0) is 13.8. The third-order valence-corrected chi connectivity index (χ3v) is 2.45. The Bertz CT molecular complexity index is 605. The summed E-state index contributed by atoms with van der Waals surface area (Å²) in [5.41, 5.74) is 0.603. The number of carboxylic acids is 1. The summed E-state index contributed by atoms with van der Waals surface area (Å²) in [7, 11) is 0. The predicted molar refractivity (Wildman–Crippen MR) is 66.4 cm³/mol. The van der Waals surface area contributed by atoms with Crippen LogP contribution in [0.25, 0.3) is 0 Å². The number of anilines is 1. The number of nitrogens with one attached hydrogen (secondary N) is 1. The third kappa shape index (κ3) is 3.41. The van der Waals surface area contributed by atoms with Gasteiger partial charge in [-0.1, -0.05) is 0 Å². The van der Waals surface area contributed by atoms with Crippen molar-refractivity contribution in [3.63, 3.8) is 0 Å². The molecule has 0 bridgehead atoms. The van der Waals surface area contributed by atoms with Crippen molar-refractivity contribution in [3.8, 4) is 0 Å². The molecule has 0 radical (unpaired) electrons. The summed E-state index contributed by atoms with van der Waals surface area (Å²) in [5.74, 6) is -1.74. The van der Waals surface area contributed by atoms with Crippen molar-refractivity contribution >= 4 is 17.6 Å². The summed E-state index contributed by atoms with van der Waals surface area (Å²) in [6.07, 6.45) is 2.88. The number of benzene rings is 1. The van der Waals surface area contributed by atoms with Crippen molar-refractivity contribution in [1.82, 2.24) is 4.57 Å². The molecule has 0 aliphatic carbocycles. The minimum absolute atomic E-state index is 0.00927. The maximum atomic E-state index is 12.7. The van der Waals surface area contributed by atoms with Gasteiger partial charge in [-0.2, -0.15) is 0 Å². The number of hydrogen-bond donors (Lipinski definition) is 2. The Kier molecular flexibility index (Phi) is 3.61. The second kappa shape index (κ2) is 5.34. The van der Waals surface area contributed by atoms with Crippen molar-refractivity contribution in [2.45, 2.75) is 6.54 Å². The Morgan fingerprint density at radius 2 is 1.89 bits per heavy atom. The average molecular weight is 262 g/mol. The molecule has 0 saturated heterocycles. The van der Waals surface area contributed by atoms with Crippen LogP contribution in [0, 0.1) is 5.82 Å². The van der Waals surface area contributed by atoms with E-state index in [2.05, 4.69) is 5.32 Å². The number of rotatable bonds is 4. The highest BCUT2D eigenvalue weighted by Gasteiger charge is 2.07. The molecule has 0 fully saturated rings. The molecule has 0 unspecified atom stereocenters. The molecule has 0 spiro atoms. The van der Waals surface area contributed by atoms with E-state index in [1.165, 1.54) is 47.3 Å². The van der Waals surface area contributed by atoms with Crippen LogP contribution in [-0.4, -0.2) is 21.6 Å². The van der Waals surface area contributed by atoms with Crippen LogP contribution in [0.2, 0.25) is 0 Å². The van der Waals surface area contributed by atoms with Crippen molar-refractivity contribution in [1.29, 1.82) is 0 Å². The SMILES string of the molecule is O=C(Cn1ccc(C(=O)O)c1)Nc1ccc(F)cc1. The Morgan fingerprint density at radius 3 is 2.47 bits per heavy atom. The van der Waals surface area contributed by atoms with Crippen LogP contribution in [0.1, 0.15) is 10.4 Å². The minimum atomic E-state index is -1.04. The Labute approximate surface area is 108 Å². The maximum Gasteiger partial charge on any atom is 0.337 e. The number of carboxylic acid groups (broad SMARTS) is 1. The first-order valence-corrected chi connectivity index (χ1v) is 5.49. The Balaban J connectivity index is 1.97. The normalized spacial score (nSPS) is 10.2. The standard InChI is InChI=1S/C13H11FN2O3/c14-10-1-3-11(4-2-10)15-12(17)8-16-6-5-9(7-16)13(18)19/h1-7H,8H2,(H,15,17)(H,18,19). The molecule has 2 N–H and O–H groups in total. The molecule has 2 rings (SSSR count). The van der Waals surface area contributed by atoms with E-state index >= 15 is 0 Å². The Hall–Kier alpha value is -2.63. The van der Waals surface area contributed by atoms with E-state index < -0.39 is 5.97 Å². The number of halogens is 1. The minimum Gasteiger partial charge on any atom is -0.478 e. The molecule has 0 atom stereocenters. The van der Waals surface area contributed by atoms with E-state index in [1.807, 2.05) is 0 Å². The number of amides is 1. The summed E-state index contributed by atoms with van der Waals surface area (Å²) < 4.78 is 14.1. The zero-order valence-corrected chi connectivity index (χ0v) is 9.84. The molecule has 1 amide bonds. The molecule has 1 aromatic heterocycles. The molecule has 0 aliphatic heterocycles. The van der Waals surface area contributed by atoms with Gasteiger partial charge in [0.2, 0.25) is 5.91 Å². The van der Waals surface area contributed by atoms with Gasteiger partial charge in [0.1, 0.15) is 12.4 Å². The first-order valence-electron chi connectivity index (χ1n) is 5.49. The highest BCUT2D eigenvalue weighted by Crippen LogP contribution is 2.08. The van der Waals surface area contributed by atoms with Gasteiger partial charge in [-0.3, -0.25) is 4.79 Å². The lowest BCUT2D eigenvalue weighted by molar-refractivity contribution is -0.116. The highest BCUT2D eigenvalue weighted by atomic mass is 19.1. The first kappa shape index (κ1) is 12.8. The van der Waals surface area contributed by atoms with Gasteiger partial charge in [0.15, 0.2) is 0 Å². The molecule has 1 aromatic carbocycles. The second-order valence-electron chi connectivity index (χ2n) is 3.93. The fourth-order valence-electron chi connectivity index (χ4n) is 1.57. The van der Waals surface area contributed by atoms with Crippen LogP contribution in [0.5, 0.6) is 0 Å². The topological polar surface area (TPSA) is 71.3 Å². The number of aromatic carboxylic acids is 1. The lowest BCUT2D eigenvalue weighted by Gasteiger charge is -2.05. The predicted octanol–water partition coefficient (Wildman–Crippen LogP) is 1.96.